The van der Waals surface area contributed by atoms with E-state index in [9.17, 15) is 29.1 Å². The number of ether oxygens (including phenoxy) is 4. The number of carbonyl (C=O) groups excluding carboxylic acids is 3. The predicted molar refractivity (Wildman–Crippen MR) is 117 cm³/mol. The maximum absolute atomic E-state index is 12.7. The van der Waals surface area contributed by atoms with Crippen LogP contribution in [0.5, 0.6) is 5.75 Å². The Morgan fingerprint density at radius 1 is 0.829 bits per heavy atom. The van der Waals surface area contributed by atoms with Crippen LogP contribution in [0.3, 0.4) is 0 Å². The number of carboxylic acid groups (broad SMARTS) is 2. The lowest BCUT2D eigenvalue weighted by atomic mass is 9.93. The molecule has 194 valence electrons. The molecule has 0 fully saturated rings. The molecule has 0 spiro atoms. The van der Waals surface area contributed by atoms with E-state index in [4.69, 9.17) is 29.2 Å². The van der Waals surface area contributed by atoms with Gasteiger partial charge >= 0.3 is 29.8 Å². The Labute approximate surface area is 201 Å². The molecule has 0 saturated carbocycles. The van der Waals surface area contributed by atoms with Gasteiger partial charge in [-0.3, -0.25) is 24.0 Å². The Bertz CT molecular complexity index is 860. The lowest BCUT2D eigenvalue weighted by Crippen LogP contribution is -2.41. The van der Waals surface area contributed by atoms with Crippen molar-refractivity contribution in [1.29, 1.82) is 0 Å². The lowest BCUT2D eigenvalue weighted by molar-refractivity contribution is -0.173. The van der Waals surface area contributed by atoms with Crippen LogP contribution in [0.4, 0.5) is 0 Å². The fourth-order valence-electron chi connectivity index (χ4n) is 2.50. The zero-order valence-corrected chi connectivity index (χ0v) is 19.6. The van der Waals surface area contributed by atoms with Crippen LogP contribution in [-0.4, -0.2) is 77.7 Å². The summed E-state index contributed by atoms with van der Waals surface area (Å²) in [5.41, 5.74) is -0.854. The first-order valence-electron chi connectivity index (χ1n) is 10.7. The molecule has 0 amide bonds. The van der Waals surface area contributed by atoms with Crippen LogP contribution >= 0.6 is 0 Å². The van der Waals surface area contributed by atoms with E-state index >= 15 is 0 Å². The highest BCUT2D eigenvalue weighted by molar-refractivity contribution is 5.80. The number of carboxylic acids is 2. The maximum atomic E-state index is 12.7. The molecule has 3 N–H and O–H groups in total. The summed E-state index contributed by atoms with van der Waals surface area (Å²) in [7, 11) is 0. The van der Waals surface area contributed by atoms with Crippen LogP contribution in [-0.2, 0) is 38.2 Å². The smallest absolute Gasteiger partial charge is 0.318 e. The minimum absolute atomic E-state index is 0.177. The quantitative estimate of drug-likeness (QED) is 0.218. The summed E-state index contributed by atoms with van der Waals surface area (Å²) in [4.78, 5) is 57.5. The van der Waals surface area contributed by atoms with Crippen LogP contribution in [0.25, 0.3) is 0 Å². The Morgan fingerprint density at radius 3 is 1.83 bits per heavy atom. The molecule has 0 aliphatic carbocycles. The van der Waals surface area contributed by atoms with Gasteiger partial charge in [0.05, 0.1) is 25.7 Å². The zero-order valence-electron chi connectivity index (χ0n) is 19.6. The first-order chi connectivity index (χ1) is 16.4. The Morgan fingerprint density at radius 2 is 1.34 bits per heavy atom. The Hall–Kier alpha value is -3.67. The van der Waals surface area contributed by atoms with Gasteiger partial charge in [-0.2, -0.15) is 0 Å². The highest BCUT2D eigenvalue weighted by atomic mass is 16.6. The second kappa shape index (κ2) is 14.6. The van der Waals surface area contributed by atoms with Gasteiger partial charge in [0, 0.05) is 0 Å². The van der Waals surface area contributed by atoms with Gasteiger partial charge in [-0.1, -0.05) is 18.2 Å². The Kier molecular flexibility index (Phi) is 12.2. The molecule has 0 bridgehead atoms. The summed E-state index contributed by atoms with van der Waals surface area (Å²) in [6.45, 7) is 1.24. The van der Waals surface area contributed by atoms with Crippen molar-refractivity contribution in [3.05, 3.63) is 29.8 Å². The van der Waals surface area contributed by atoms with Crippen LogP contribution in [0.2, 0.25) is 0 Å². The topological polar surface area (TPSA) is 183 Å². The number of carbonyl (C=O) groups is 5. The van der Waals surface area contributed by atoms with Crippen molar-refractivity contribution in [3.63, 3.8) is 0 Å². The van der Waals surface area contributed by atoms with Gasteiger partial charge in [0.2, 0.25) is 0 Å². The van der Waals surface area contributed by atoms with E-state index in [1.165, 1.54) is 6.92 Å². The van der Waals surface area contributed by atoms with E-state index in [0.29, 0.717) is 5.75 Å². The molecular weight excluding hydrogens is 468 g/mol. The molecular formula is C23H30O12. The SMILES string of the molecule is Cc1ccccc1OCC(O)COC(=O)C(C)(COC(=O)CCC(=O)O)COC(=O)CCC(=O)O. The van der Waals surface area contributed by atoms with Crippen molar-refractivity contribution >= 4 is 29.8 Å². The second-order valence-corrected chi connectivity index (χ2v) is 8.00. The molecule has 0 radical (unpaired) electrons. The third-order valence-electron chi connectivity index (χ3n) is 4.61. The third-order valence-corrected chi connectivity index (χ3v) is 4.61. The first-order valence-corrected chi connectivity index (χ1v) is 10.7. The summed E-state index contributed by atoms with van der Waals surface area (Å²) in [6, 6.07) is 7.12. The minimum atomic E-state index is -1.70. The number of aliphatic hydroxyl groups excluding tert-OH is 1. The fourth-order valence-corrected chi connectivity index (χ4v) is 2.50. The number of esters is 3. The molecule has 0 aliphatic heterocycles. The van der Waals surface area contributed by atoms with E-state index in [1.807, 2.05) is 19.1 Å². The second-order valence-electron chi connectivity index (χ2n) is 8.00. The average Bonchev–Trinajstić information content (AvgIpc) is 2.81. The van der Waals surface area contributed by atoms with E-state index < -0.39 is 86.9 Å². The molecule has 1 unspecified atom stereocenters. The molecule has 1 rings (SSSR count). The number of benzene rings is 1. The molecule has 35 heavy (non-hydrogen) atoms. The third kappa shape index (κ3) is 11.8. The van der Waals surface area contributed by atoms with Crippen molar-refractivity contribution < 1.29 is 58.2 Å². The standard InChI is InChI=1S/C23H30O12/c1-15-5-3-4-6-17(15)32-11-16(24)12-33-22(31)23(2,13-34-20(29)9-7-18(25)26)14-35-21(30)10-8-19(27)28/h3-6,16,24H,7-14H2,1-2H3,(H,25,26)(H,27,28). The van der Waals surface area contributed by atoms with Gasteiger partial charge < -0.3 is 34.3 Å². The van der Waals surface area contributed by atoms with Gasteiger partial charge in [-0.25, -0.2) is 0 Å². The van der Waals surface area contributed by atoms with Crippen LogP contribution in [0.1, 0.15) is 38.2 Å². The van der Waals surface area contributed by atoms with Gasteiger partial charge in [-0.15, -0.1) is 0 Å². The summed E-state index contributed by atoms with van der Waals surface area (Å²) >= 11 is 0. The monoisotopic (exact) mass is 498 g/mol. The summed E-state index contributed by atoms with van der Waals surface area (Å²) < 4.78 is 20.5. The van der Waals surface area contributed by atoms with Crippen molar-refractivity contribution in [2.45, 2.75) is 45.6 Å². The number of aryl methyl sites for hydroxylation is 1. The van der Waals surface area contributed by atoms with Crippen molar-refractivity contribution in [2.75, 3.05) is 26.4 Å². The van der Waals surface area contributed by atoms with Crippen LogP contribution < -0.4 is 4.74 Å². The average molecular weight is 498 g/mol. The Balaban J connectivity index is 2.70. The summed E-state index contributed by atoms with van der Waals surface area (Å²) in [6.07, 6.45) is -3.02. The van der Waals surface area contributed by atoms with Gasteiger partial charge in [0.1, 0.15) is 43.7 Å². The number of rotatable bonds is 16. The van der Waals surface area contributed by atoms with E-state index in [0.717, 1.165) is 5.56 Å². The van der Waals surface area contributed by atoms with Gasteiger partial charge in [0.25, 0.3) is 0 Å². The largest absolute Gasteiger partial charge is 0.490 e. The molecule has 0 aliphatic rings. The van der Waals surface area contributed by atoms with E-state index in [2.05, 4.69) is 0 Å². The molecule has 1 atom stereocenters. The molecule has 12 heteroatoms. The van der Waals surface area contributed by atoms with Crippen molar-refractivity contribution in [2.24, 2.45) is 5.41 Å². The zero-order chi connectivity index (χ0) is 26.4. The summed E-state index contributed by atoms with van der Waals surface area (Å²) in [5, 5.41) is 27.4. The number of hydrogen-bond donors (Lipinski definition) is 3. The molecule has 0 saturated heterocycles. The van der Waals surface area contributed by atoms with Crippen molar-refractivity contribution in [1.82, 2.24) is 0 Å². The normalized spacial score (nSPS) is 11.7. The van der Waals surface area contributed by atoms with Gasteiger partial charge in [0.15, 0.2) is 0 Å². The molecule has 1 aromatic carbocycles. The molecule has 0 heterocycles. The fraction of sp³-hybridized carbons (Fsp3) is 0.522. The van der Waals surface area contributed by atoms with Crippen LogP contribution in [0.15, 0.2) is 24.3 Å². The number of aliphatic carboxylic acids is 2. The number of para-hydroxylation sites is 1. The van der Waals surface area contributed by atoms with E-state index in [-0.39, 0.29) is 6.61 Å². The lowest BCUT2D eigenvalue weighted by Gasteiger charge is -2.27. The molecule has 1 aromatic rings. The van der Waals surface area contributed by atoms with Gasteiger partial charge in [-0.05, 0) is 25.5 Å². The molecule has 0 aromatic heterocycles. The predicted octanol–water partition coefficient (Wildman–Crippen LogP) is 1.10. The first kappa shape index (κ1) is 29.4. The molecule has 12 nitrogen and oxygen atoms in total. The minimum Gasteiger partial charge on any atom is -0.490 e. The summed E-state index contributed by atoms with van der Waals surface area (Å²) in [5.74, 6) is -4.63. The van der Waals surface area contributed by atoms with Crippen molar-refractivity contribution in [3.8, 4) is 5.75 Å². The highest BCUT2D eigenvalue weighted by Gasteiger charge is 2.39. The van der Waals surface area contributed by atoms with E-state index in [1.54, 1.807) is 12.1 Å². The van der Waals surface area contributed by atoms with Crippen LogP contribution in [0, 0.1) is 12.3 Å². The maximum Gasteiger partial charge on any atom is 0.318 e. The number of aliphatic hydroxyl groups is 1. The number of hydrogen-bond acceptors (Lipinski definition) is 10. The highest BCUT2D eigenvalue weighted by Crippen LogP contribution is 2.22.